The van der Waals surface area contributed by atoms with Crippen LogP contribution >= 0.6 is 27.3 Å². The molecule has 34 heavy (non-hydrogen) atoms. The summed E-state index contributed by atoms with van der Waals surface area (Å²) in [6.45, 7) is 7.55. The van der Waals surface area contributed by atoms with Crippen LogP contribution in [0.5, 0.6) is 0 Å². The summed E-state index contributed by atoms with van der Waals surface area (Å²) in [5.41, 5.74) is 1.78. The van der Waals surface area contributed by atoms with Crippen LogP contribution in [0.15, 0.2) is 56.6 Å². The highest BCUT2D eigenvalue weighted by Crippen LogP contribution is 2.31. The molecule has 0 spiro atoms. The Balaban J connectivity index is 0.000000177. The number of hydrogen-bond acceptors (Lipinski definition) is 8. The summed E-state index contributed by atoms with van der Waals surface area (Å²) in [6, 6.07) is 6.26. The lowest BCUT2D eigenvalue weighted by molar-refractivity contribution is -0.138. The highest BCUT2D eigenvalue weighted by atomic mass is 79.9. The lowest BCUT2D eigenvalue weighted by atomic mass is 10.1. The van der Waals surface area contributed by atoms with E-state index < -0.39 is 0 Å². The Morgan fingerprint density at radius 2 is 2.09 bits per heavy atom. The van der Waals surface area contributed by atoms with Crippen LogP contribution in [0.2, 0.25) is 0 Å². The van der Waals surface area contributed by atoms with Crippen molar-refractivity contribution in [1.29, 1.82) is 0 Å². The van der Waals surface area contributed by atoms with E-state index in [0.29, 0.717) is 18.7 Å². The number of morpholine rings is 1. The Bertz CT molecular complexity index is 977. The zero-order valence-corrected chi connectivity index (χ0v) is 21.9. The molecule has 1 aromatic carbocycles. The fraction of sp³-hybridized carbons (Fsp3) is 0.458. The van der Waals surface area contributed by atoms with Gasteiger partial charge in [0.1, 0.15) is 5.82 Å². The molecule has 0 saturated carbocycles. The Morgan fingerprint density at radius 3 is 2.65 bits per heavy atom. The molecule has 3 aliphatic heterocycles. The Morgan fingerprint density at radius 1 is 1.29 bits per heavy atom. The number of carbonyl (C=O) groups excluding carboxylic acids is 1. The summed E-state index contributed by atoms with van der Waals surface area (Å²) in [4.78, 5) is 25.2. The van der Waals surface area contributed by atoms with Crippen molar-refractivity contribution in [2.45, 2.75) is 19.8 Å². The van der Waals surface area contributed by atoms with Crippen LogP contribution in [-0.4, -0.2) is 79.6 Å². The number of carbonyl (C=O) groups is 1. The first kappa shape index (κ1) is 26.5. The van der Waals surface area contributed by atoms with Crippen molar-refractivity contribution in [3.05, 3.63) is 62.4 Å². The van der Waals surface area contributed by atoms with Gasteiger partial charge in [-0.15, -0.1) is 11.3 Å². The number of rotatable bonds is 3. The van der Waals surface area contributed by atoms with Gasteiger partial charge in [-0.2, -0.15) is 0 Å². The molecule has 2 aromatic rings. The third kappa shape index (κ3) is 7.69. The first-order chi connectivity index (χ1) is 16.5. The molecule has 4 heterocycles. The minimum absolute atomic E-state index is 0.209. The largest absolute Gasteiger partial charge is 0.463 e. The predicted molar refractivity (Wildman–Crippen MR) is 136 cm³/mol. The van der Waals surface area contributed by atoms with Crippen LogP contribution in [-0.2, 0) is 14.3 Å². The molecule has 3 aliphatic rings. The van der Waals surface area contributed by atoms with Crippen molar-refractivity contribution in [2.75, 3.05) is 53.0 Å². The van der Waals surface area contributed by atoms with E-state index in [1.165, 1.54) is 12.1 Å². The topological polar surface area (TPSA) is 67.3 Å². The van der Waals surface area contributed by atoms with E-state index in [1.807, 2.05) is 12.3 Å². The number of ether oxygens (including phenoxy) is 2. The number of amidine groups is 1. The van der Waals surface area contributed by atoms with E-state index in [0.717, 1.165) is 66.7 Å². The molecule has 10 heteroatoms. The van der Waals surface area contributed by atoms with Gasteiger partial charge in [-0.25, -0.2) is 14.2 Å². The SMILES string of the molecule is CCOC(=O)C1=C2CCCN2C(c2nccs2)=NC1.CN1CCOCC1.Fc1cccc(Br)c1. The van der Waals surface area contributed by atoms with Crippen LogP contribution < -0.4 is 0 Å². The maximum absolute atomic E-state index is 12.1. The second-order valence-electron chi connectivity index (χ2n) is 7.73. The number of halogens is 2. The second-order valence-corrected chi connectivity index (χ2v) is 9.54. The van der Waals surface area contributed by atoms with Crippen LogP contribution in [0.25, 0.3) is 0 Å². The summed E-state index contributed by atoms with van der Waals surface area (Å²) >= 11 is 4.70. The molecule has 0 atom stereocenters. The van der Waals surface area contributed by atoms with E-state index in [2.05, 4.69) is 42.8 Å². The first-order valence-electron chi connectivity index (χ1n) is 11.3. The Labute approximate surface area is 212 Å². The summed E-state index contributed by atoms with van der Waals surface area (Å²) in [5, 5.41) is 2.86. The molecule has 0 aliphatic carbocycles. The van der Waals surface area contributed by atoms with Crippen LogP contribution in [0.4, 0.5) is 4.39 Å². The van der Waals surface area contributed by atoms with E-state index in [4.69, 9.17) is 9.47 Å². The molecule has 2 fully saturated rings. The number of nitrogens with zero attached hydrogens (tertiary/aromatic N) is 4. The number of esters is 1. The number of likely N-dealkylation sites (N-methyl/N-ethyl adjacent to an activating group) is 1. The lowest BCUT2D eigenvalue weighted by Crippen LogP contribution is -2.33. The van der Waals surface area contributed by atoms with Crippen molar-refractivity contribution in [2.24, 2.45) is 4.99 Å². The normalized spacial score (nSPS) is 17.6. The molecule has 0 bridgehead atoms. The molecule has 1 aromatic heterocycles. The lowest BCUT2D eigenvalue weighted by Gasteiger charge is -2.26. The molecular weight excluding hydrogens is 523 g/mol. The summed E-state index contributed by atoms with van der Waals surface area (Å²) < 4.78 is 23.1. The molecule has 0 radical (unpaired) electrons. The maximum Gasteiger partial charge on any atom is 0.337 e. The van der Waals surface area contributed by atoms with E-state index in [9.17, 15) is 9.18 Å². The van der Waals surface area contributed by atoms with Gasteiger partial charge in [0.2, 0.25) is 0 Å². The number of fused-ring (bicyclic) bond motifs is 1. The molecule has 0 N–H and O–H groups in total. The number of benzene rings is 1. The minimum atomic E-state index is -0.230. The average Bonchev–Trinajstić information content (AvgIpc) is 3.52. The molecule has 7 nitrogen and oxygen atoms in total. The highest BCUT2D eigenvalue weighted by molar-refractivity contribution is 9.10. The monoisotopic (exact) mass is 552 g/mol. The number of thiazole rings is 1. The molecular formula is C24H30BrFN4O3S. The summed E-state index contributed by atoms with van der Waals surface area (Å²) in [7, 11) is 2.11. The Kier molecular flexibility index (Phi) is 10.6. The standard InChI is InChI=1S/C13H15N3O2S.C6H4BrF.C5H11NO/c1-2-18-13(17)9-8-15-11(12-14-5-7-19-12)16-6-3-4-10(9)16;7-5-2-1-3-6(8)4-5;1-6-2-4-7-5-3-6/h5,7H,2-4,6,8H2,1H3;1-4H;2-5H2,1H3. The third-order valence-corrected chi connectivity index (χ3v) is 6.54. The first-order valence-corrected chi connectivity index (χ1v) is 12.9. The van der Waals surface area contributed by atoms with Gasteiger partial charge in [0.05, 0.1) is 31.9 Å². The summed E-state index contributed by atoms with van der Waals surface area (Å²) in [6.07, 6.45) is 3.74. The van der Waals surface area contributed by atoms with Crippen molar-refractivity contribution in [3.63, 3.8) is 0 Å². The van der Waals surface area contributed by atoms with Crippen LogP contribution in [0.3, 0.4) is 0 Å². The number of aliphatic imine (C=N–C) groups is 1. The van der Waals surface area contributed by atoms with E-state index >= 15 is 0 Å². The van der Waals surface area contributed by atoms with Gasteiger partial charge in [-0.1, -0.05) is 22.0 Å². The van der Waals surface area contributed by atoms with Gasteiger partial charge in [-0.3, -0.25) is 4.99 Å². The average molecular weight is 553 g/mol. The molecule has 0 unspecified atom stereocenters. The van der Waals surface area contributed by atoms with E-state index in [-0.39, 0.29) is 11.8 Å². The van der Waals surface area contributed by atoms with E-state index in [1.54, 1.807) is 29.7 Å². The summed E-state index contributed by atoms with van der Waals surface area (Å²) in [5.74, 6) is 0.460. The van der Waals surface area contributed by atoms with Gasteiger partial charge in [-0.05, 0) is 45.0 Å². The smallest absolute Gasteiger partial charge is 0.337 e. The van der Waals surface area contributed by atoms with Gasteiger partial charge >= 0.3 is 5.97 Å². The zero-order valence-electron chi connectivity index (χ0n) is 19.5. The van der Waals surface area contributed by atoms with Gasteiger partial charge in [0, 0.05) is 41.4 Å². The predicted octanol–water partition coefficient (Wildman–Crippen LogP) is 4.35. The zero-order chi connectivity index (χ0) is 24.3. The minimum Gasteiger partial charge on any atom is -0.463 e. The number of hydrogen-bond donors (Lipinski definition) is 0. The maximum atomic E-state index is 12.1. The highest BCUT2D eigenvalue weighted by Gasteiger charge is 2.32. The molecule has 0 amide bonds. The van der Waals surface area contributed by atoms with Crippen molar-refractivity contribution in [1.82, 2.24) is 14.8 Å². The van der Waals surface area contributed by atoms with Crippen LogP contribution in [0, 0.1) is 5.82 Å². The van der Waals surface area contributed by atoms with Gasteiger partial charge in [0.25, 0.3) is 0 Å². The van der Waals surface area contributed by atoms with Gasteiger partial charge in [0.15, 0.2) is 10.8 Å². The fourth-order valence-electron chi connectivity index (χ4n) is 3.58. The van der Waals surface area contributed by atoms with Gasteiger partial charge < -0.3 is 19.3 Å². The van der Waals surface area contributed by atoms with Crippen molar-refractivity contribution >= 4 is 39.1 Å². The van der Waals surface area contributed by atoms with Crippen molar-refractivity contribution in [3.8, 4) is 0 Å². The van der Waals surface area contributed by atoms with Crippen LogP contribution in [0.1, 0.15) is 24.8 Å². The quantitative estimate of drug-likeness (QED) is 0.527. The molecule has 184 valence electrons. The third-order valence-electron chi connectivity index (χ3n) is 5.28. The fourth-order valence-corrected chi connectivity index (χ4v) is 4.61. The molecule has 2 saturated heterocycles. The van der Waals surface area contributed by atoms with Crippen molar-refractivity contribution < 1.29 is 18.7 Å². The second kappa shape index (κ2) is 13.7. The number of allylic oxidation sites excluding steroid dienone is 1. The Hall–Kier alpha value is -2.14. The number of aromatic nitrogens is 1. The molecule has 5 rings (SSSR count).